The lowest BCUT2D eigenvalue weighted by Crippen LogP contribution is -2.14. The first-order valence-electron chi connectivity index (χ1n) is 8.26. The Morgan fingerprint density at radius 1 is 0.917 bits per heavy atom. The topological polar surface area (TPSA) is 40.5 Å². The van der Waals surface area contributed by atoms with Crippen molar-refractivity contribution >= 4 is 11.6 Å². The molecule has 0 aliphatic rings. The number of benzene rings is 2. The predicted molar refractivity (Wildman–Crippen MR) is 102 cm³/mol. The number of halogens is 1. The summed E-state index contributed by atoms with van der Waals surface area (Å²) in [7, 11) is 0. The second-order valence-corrected chi connectivity index (χ2v) is 7.99. The lowest BCUT2D eigenvalue weighted by molar-refractivity contribution is 0.445. The monoisotopic (exact) mass is 346 g/mol. The van der Waals surface area contributed by atoms with E-state index in [4.69, 9.17) is 11.6 Å². The van der Waals surface area contributed by atoms with E-state index in [1.165, 1.54) is 0 Å². The van der Waals surface area contributed by atoms with Crippen LogP contribution in [0.25, 0.3) is 0 Å². The molecule has 2 nitrogen and oxygen atoms in total. The van der Waals surface area contributed by atoms with Gasteiger partial charge in [0.1, 0.15) is 11.5 Å². The van der Waals surface area contributed by atoms with Gasteiger partial charge in [-0.15, -0.1) is 11.6 Å². The zero-order valence-electron chi connectivity index (χ0n) is 15.4. The van der Waals surface area contributed by atoms with Crippen molar-refractivity contribution in [3.8, 4) is 11.5 Å². The van der Waals surface area contributed by atoms with Gasteiger partial charge in [-0.2, -0.15) is 0 Å². The van der Waals surface area contributed by atoms with Crippen molar-refractivity contribution in [3.63, 3.8) is 0 Å². The Kier molecular flexibility index (Phi) is 5.19. The minimum Gasteiger partial charge on any atom is -0.508 e. The van der Waals surface area contributed by atoms with Crippen LogP contribution in [0.2, 0.25) is 0 Å². The Bertz CT molecular complexity index is 734. The van der Waals surface area contributed by atoms with Gasteiger partial charge in [0.25, 0.3) is 0 Å². The van der Waals surface area contributed by atoms with E-state index < -0.39 is 0 Å². The molecular weight excluding hydrogens is 320 g/mol. The van der Waals surface area contributed by atoms with Crippen molar-refractivity contribution < 1.29 is 10.2 Å². The van der Waals surface area contributed by atoms with E-state index in [9.17, 15) is 10.2 Å². The Labute approximate surface area is 150 Å². The first kappa shape index (κ1) is 18.7. The summed E-state index contributed by atoms with van der Waals surface area (Å²) in [6.45, 7) is 12.1. The third kappa shape index (κ3) is 3.54. The average Bonchev–Trinajstić information content (AvgIpc) is 2.46. The highest BCUT2D eigenvalue weighted by Crippen LogP contribution is 2.38. The lowest BCUT2D eigenvalue weighted by atomic mass is 9.81. The molecule has 2 aromatic carbocycles. The van der Waals surface area contributed by atoms with Crippen LogP contribution in [0, 0.1) is 20.8 Å². The molecule has 0 bridgehead atoms. The molecule has 0 saturated carbocycles. The van der Waals surface area contributed by atoms with E-state index in [0.717, 1.165) is 33.4 Å². The molecule has 0 saturated heterocycles. The van der Waals surface area contributed by atoms with Gasteiger partial charge in [-0.3, -0.25) is 0 Å². The molecule has 1 unspecified atom stereocenters. The van der Waals surface area contributed by atoms with Crippen LogP contribution >= 0.6 is 11.6 Å². The first-order valence-corrected chi connectivity index (χ1v) is 8.79. The van der Waals surface area contributed by atoms with Gasteiger partial charge >= 0.3 is 0 Å². The molecule has 0 amide bonds. The minimum absolute atomic E-state index is 0.0198. The summed E-state index contributed by atoms with van der Waals surface area (Å²) in [5.41, 5.74) is 5.72. The summed E-state index contributed by atoms with van der Waals surface area (Å²) in [6, 6.07) is 7.90. The normalized spacial score (nSPS) is 13.1. The van der Waals surface area contributed by atoms with Gasteiger partial charge in [0.15, 0.2) is 0 Å². The molecule has 2 aromatic rings. The van der Waals surface area contributed by atoms with Gasteiger partial charge in [-0.1, -0.05) is 39.0 Å². The number of hydrogen-bond acceptors (Lipinski definition) is 2. The van der Waals surface area contributed by atoms with Gasteiger partial charge in [-0.05, 0) is 65.6 Å². The number of phenolic OH excluding ortho intramolecular Hbond substituents is 2. The van der Waals surface area contributed by atoms with E-state index >= 15 is 0 Å². The van der Waals surface area contributed by atoms with Gasteiger partial charge in [0.2, 0.25) is 0 Å². The highest BCUT2D eigenvalue weighted by molar-refractivity contribution is 6.18. The van der Waals surface area contributed by atoms with Crippen LogP contribution < -0.4 is 0 Å². The maximum atomic E-state index is 10.3. The molecule has 24 heavy (non-hydrogen) atoms. The predicted octanol–water partition coefficient (Wildman–Crippen LogP) is 5.69. The van der Waals surface area contributed by atoms with Crippen LogP contribution in [-0.2, 0) is 5.41 Å². The Hall–Kier alpha value is -1.67. The summed E-state index contributed by atoms with van der Waals surface area (Å²) in [6.07, 6.45) is 0. The fourth-order valence-electron chi connectivity index (χ4n) is 3.23. The Morgan fingerprint density at radius 2 is 1.46 bits per heavy atom. The maximum Gasteiger partial charge on any atom is 0.121 e. The van der Waals surface area contributed by atoms with Crippen LogP contribution in [0.15, 0.2) is 24.3 Å². The fourth-order valence-corrected chi connectivity index (χ4v) is 3.57. The van der Waals surface area contributed by atoms with Crippen molar-refractivity contribution in [1.82, 2.24) is 0 Å². The van der Waals surface area contributed by atoms with Gasteiger partial charge in [0.05, 0.1) is 0 Å². The second kappa shape index (κ2) is 6.68. The summed E-state index contributed by atoms with van der Waals surface area (Å²) in [5.74, 6) is 1.13. The molecule has 130 valence electrons. The number of aryl methyl sites for hydroxylation is 3. The quantitative estimate of drug-likeness (QED) is 0.701. The van der Waals surface area contributed by atoms with Crippen molar-refractivity contribution in [2.75, 3.05) is 5.88 Å². The molecule has 0 spiro atoms. The smallest absolute Gasteiger partial charge is 0.121 e. The molecule has 0 aromatic heterocycles. The first-order chi connectivity index (χ1) is 11.1. The van der Waals surface area contributed by atoms with Crippen molar-refractivity contribution in [2.45, 2.75) is 52.9 Å². The number of phenols is 2. The summed E-state index contributed by atoms with van der Waals surface area (Å²) in [4.78, 5) is 0. The Morgan fingerprint density at radius 3 is 1.92 bits per heavy atom. The molecule has 3 heteroatoms. The SMILES string of the molecule is Cc1cc(O)c(C(C)(C)C)cc1C(CCl)c1cc(C)c(O)c(C)c1. The molecular formula is C21H27ClO2. The summed E-state index contributed by atoms with van der Waals surface area (Å²) in [5, 5.41) is 20.4. The van der Waals surface area contributed by atoms with E-state index in [1.54, 1.807) is 0 Å². The van der Waals surface area contributed by atoms with Crippen molar-refractivity contribution in [1.29, 1.82) is 0 Å². The zero-order chi connectivity index (χ0) is 18.2. The fraction of sp³-hybridized carbons (Fsp3) is 0.429. The second-order valence-electron chi connectivity index (χ2n) is 7.69. The molecule has 2 rings (SSSR count). The zero-order valence-corrected chi connectivity index (χ0v) is 16.1. The molecule has 0 heterocycles. The van der Waals surface area contributed by atoms with Gasteiger partial charge < -0.3 is 10.2 Å². The number of alkyl halides is 1. The molecule has 0 radical (unpaired) electrons. The Balaban J connectivity index is 2.64. The van der Waals surface area contributed by atoms with Crippen LogP contribution in [-0.4, -0.2) is 16.1 Å². The number of rotatable bonds is 3. The third-order valence-corrected chi connectivity index (χ3v) is 4.95. The minimum atomic E-state index is -0.149. The van der Waals surface area contributed by atoms with E-state index in [-0.39, 0.29) is 11.3 Å². The van der Waals surface area contributed by atoms with Crippen LogP contribution in [0.4, 0.5) is 0 Å². The van der Waals surface area contributed by atoms with Crippen LogP contribution in [0.1, 0.15) is 60.1 Å². The molecule has 0 fully saturated rings. The number of aromatic hydroxyl groups is 2. The van der Waals surface area contributed by atoms with Gasteiger partial charge in [-0.25, -0.2) is 0 Å². The van der Waals surface area contributed by atoms with E-state index in [0.29, 0.717) is 17.4 Å². The number of hydrogen-bond donors (Lipinski definition) is 2. The standard InChI is InChI=1S/C21H27ClO2/c1-12-9-19(23)18(21(4,5)6)10-16(12)17(11-22)15-7-13(2)20(24)14(3)8-15/h7-10,17,23-24H,11H2,1-6H3. The van der Waals surface area contributed by atoms with Crippen LogP contribution in [0.3, 0.4) is 0 Å². The molecule has 0 aliphatic heterocycles. The molecule has 1 atom stereocenters. The molecule has 2 N–H and O–H groups in total. The van der Waals surface area contributed by atoms with E-state index in [2.05, 4.69) is 26.8 Å². The highest BCUT2D eigenvalue weighted by Gasteiger charge is 2.24. The van der Waals surface area contributed by atoms with Crippen LogP contribution in [0.5, 0.6) is 11.5 Å². The van der Waals surface area contributed by atoms with E-state index in [1.807, 2.05) is 39.0 Å². The average molecular weight is 347 g/mol. The lowest BCUT2D eigenvalue weighted by Gasteiger charge is -2.25. The highest BCUT2D eigenvalue weighted by atomic mass is 35.5. The summed E-state index contributed by atoms with van der Waals surface area (Å²) >= 11 is 6.33. The van der Waals surface area contributed by atoms with Crippen molar-refractivity contribution in [3.05, 3.63) is 57.6 Å². The largest absolute Gasteiger partial charge is 0.508 e. The van der Waals surface area contributed by atoms with Gasteiger partial charge in [0, 0.05) is 11.8 Å². The van der Waals surface area contributed by atoms with Crippen molar-refractivity contribution in [2.24, 2.45) is 0 Å². The third-order valence-electron chi connectivity index (χ3n) is 4.64. The maximum absolute atomic E-state index is 10.3. The molecule has 0 aliphatic carbocycles. The summed E-state index contributed by atoms with van der Waals surface area (Å²) < 4.78 is 0.